The summed E-state index contributed by atoms with van der Waals surface area (Å²) in [7, 11) is 0. The number of thioether (sulfide) groups is 1. The summed E-state index contributed by atoms with van der Waals surface area (Å²) in [4.78, 5) is 0. The van der Waals surface area contributed by atoms with E-state index in [9.17, 15) is 4.39 Å². The molecule has 0 amide bonds. The third-order valence-corrected chi connectivity index (χ3v) is 4.57. The zero-order valence-electron chi connectivity index (χ0n) is 13.0. The van der Waals surface area contributed by atoms with Gasteiger partial charge in [0.15, 0.2) is 5.82 Å². The van der Waals surface area contributed by atoms with E-state index in [1.54, 1.807) is 28.6 Å². The Kier molecular flexibility index (Phi) is 4.71. The highest BCUT2D eigenvalue weighted by molar-refractivity contribution is 7.97. The van der Waals surface area contributed by atoms with Crippen molar-refractivity contribution in [3.8, 4) is 5.69 Å². The van der Waals surface area contributed by atoms with Crippen LogP contribution in [-0.2, 0) is 11.5 Å². The molecule has 0 saturated heterocycles. The van der Waals surface area contributed by atoms with Crippen molar-refractivity contribution in [3.63, 3.8) is 0 Å². The second-order valence-electron chi connectivity index (χ2n) is 5.37. The summed E-state index contributed by atoms with van der Waals surface area (Å²) < 4.78 is 15.0. The van der Waals surface area contributed by atoms with Gasteiger partial charge in [-0.2, -0.15) is 4.68 Å². The normalized spacial score (nSPS) is 10.9. The highest BCUT2D eigenvalue weighted by atomic mass is 32.2. The minimum atomic E-state index is -0.205. The number of benzene rings is 2. The van der Waals surface area contributed by atoms with Crippen LogP contribution in [0, 0.1) is 19.7 Å². The molecule has 2 aromatic carbocycles. The van der Waals surface area contributed by atoms with Gasteiger partial charge in [-0.25, -0.2) is 4.39 Å². The zero-order chi connectivity index (χ0) is 16.2. The molecule has 0 atom stereocenters. The smallest absolute Gasteiger partial charge is 0.166 e. The molecule has 0 N–H and O–H groups in total. The minimum absolute atomic E-state index is 0.205. The van der Waals surface area contributed by atoms with E-state index in [1.807, 2.05) is 38.1 Å². The third kappa shape index (κ3) is 3.59. The molecule has 1 heterocycles. The van der Waals surface area contributed by atoms with Crippen molar-refractivity contribution in [2.45, 2.75) is 25.4 Å². The third-order valence-electron chi connectivity index (χ3n) is 3.57. The number of tetrazole rings is 1. The van der Waals surface area contributed by atoms with Gasteiger partial charge in [0.2, 0.25) is 0 Å². The lowest BCUT2D eigenvalue weighted by Crippen LogP contribution is -2.06. The Morgan fingerprint density at radius 1 is 1.04 bits per heavy atom. The van der Waals surface area contributed by atoms with E-state index < -0.39 is 0 Å². The fourth-order valence-electron chi connectivity index (χ4n) is 2.50. The number of aryl methyl sites for hydroxylation is 2. The second-order valence-corrected chi connectivity index (χ2v) is 6.36. The topological polar surface area (TPSA) is 43.6 Å². The van der Waals surface area contributed by atoms with Crippen LogP contribution in [0.3, 0.4) is 0 Å². The van der Waals surface area contributed by atoms with Gasteiger partial charge < -0.3 is 0 Å². The Bertz CT molecular complexity index is 796. The largest absolute Gasteiger partial charge is 0.207 e. The molecule has 6 heteroatoms. The molecule has 23 heavy (non-hydrogen) atoms. The van der Waals surface area contributed by atoms with E-state index in [4.69, 9.17) is 0 Å². The Labute approximate surface area is 138 Å². The number of aromatic nitrogens is 4. The summed E-state index contributed by atoms with van der Waals surface area (Å²) in [6, 6.07) is 12.8. The summed E-state index contributed by atoms with van der Waals surface area (Å²) >= 11 is 1.66. The van der Waals surface area contributed by atoms with Crippen LogP contribution in [0.15, 0.2) is 42.5 Å². The van der Waals surface area contributed by atoms with Crippen molar-refractivity contribution < 1.29 is 4.39 Å². The summed E-state index contributed by atoms with van der Waals surface area (Å²) in [6.07, 6.45) is 0. The minimum Gasteiger partial charge on any atom is -0.207 e. The molecular formula is C17H17FN4S. The van der Waals surface area contributed by atoms with Crippen LogP contribution in [0.5, 0.6) is 0 Å². The van der Waals surface area contributed by atoms with Gasteiger partial charge in [-0.1, -0.05) is 30.3 Å². The molecule has 0 unspecified atom stereocenters. The second kappa shape index (κ2) is 6.91. The number of hydrogen-bond acceptors (Lipinski definition) is 4. The molecule has 0 spiro atoms. The van der Waals surface area contributed by atoms with Crippen molar-refractivity contribution >= 4 is 11.8 Å². The van der Waals surface area contributed by atoms with Crippen LogP contribution in [-0.4, -0.2) is 20.2 Å². The van der Waals surface area contributed by atoms with Gasteiger partial charge in [0.25, 0.3) is 0 Å². The number of rotatable bonds is 5. The fourth-order valence-corrected chi connectivity index (χ4v) is 3.38. The van der Waals surface area contributed by atoms with Crippen LogP contribution < -0.4 is 0 Å². The van der Waals surface area contributed by atoms with E-state index in [2.05, 4.69) is 15.5 Å². The molecular weight excluding hydrogens is 311 g/mol. The van der Waals surface area contributed by atoms with Gasteiger partial charge >= 0.3 is 0 Å². The van der Waals surface area contributed by atoms with Gasteiger partial charge in [-0.05, 0) is 53.1 Å². The number of hydrogen-bond donors (Lipinski definition) is 0. The standard InChI is InChI=1S/C17H17FN4S/c1-12-5-3-6-13(2)17(12)22-16(19-20-21-22)11-23-10-14-7-4-8-15(18)9-14/h3-9H,10-11H2,1-2H3. The molecule has 0 bridgehead atoms. The molecule has 118 valence electrons. The van der Waals surface area contributed by atoms with E-state index >= 15 is 0 Å². The Hall–Kier alpha value is -2.21. The summed E-state index contributed by atoms with van der Waals surface area (Å²) in [6.45, 7) is 4.10. The molecule has 0 aliphatic rings. The predicted molar refractivity (Wildman–Crippen MR) is 90.0 cm³/mol. The van der Waals surface area contributed by atoms with Crippen LogP contribution in [0.1, 0.15) is 22.5 Å². The van der Waals surface area contributed by atoms with Gasteiger partial charge in [0, 0.05) is 5.75 Å². The van der Waals surface area contributed by atoms with Crippen molar-refractivity contribution in [1.82, 2.24) is 20.2 Å². The highest BCUT2D eigenvalue weighted by Gasteiger charge is 2.12. The first kappa shape index (κ1) is 15.7. The maximum atomic E-state index is 13.2. The zero-order valence-corrected chi connectivity index (χ0v) is 13.8. The molecule has 4 nitrogen and oxygen atoms in total. The molecule has 0 fully saturated rings. The number of halogens is 1. The van der Waals surface area contributed by atoms with Crippen molar-refractivity contribution in [2.75, 3.05) is 0 Å². The summed E-state index contributed by atoms with van der Waals surface area (Å²) in [5, 5.41) is 12.1. The van der Waals surface area contributed by atoms with Crippen molar-refractivity contribution in [1.29, 1.82) is 0 Å². The van der Waals surface area contributed by atoms with Crippen molar-refractivity contribution in [2.24, 2.45) is 0 Å². The maximum Gasteiger partial charge on any atom is 0.166 e. The Balaban J connectivity index is 1.74. The van der Waals surface area contributed by atoms with Gasteiger partial charge in [0.1, 0.15) is 5.82 Å². The summed E-state index contributed by atoms with van der Waals surface area (Å²) in [5.41, 5.74) is 4.25. The Morgan fingerprint density at radius 2 is 1.78 bits per heavy atom. The quantitative estimate of drug-likeness (QED) is 0.713. The molecule has 3 rings (SSSR count). The Morgan fingerprint density at radius 3 is 2.52 bits per heavy atom. The first-order chi connectivity index (χ1) is 11.1. The van der Waals surface area contributed by atoms with Crippen LogP contribution >= 0.6 is 11.8 Å². The van der Waals surface area contributed by atoms with Crippen LogP contribution in [0.25, 0.3) is 5.69 Å². The lowest BCUT2D eigenvalue weighted by Gasteiger charge is -2.10. The average Bonchev–Trinajstić information content (AvgIpc) is 2.95. The van der Waals surface area contributed by atoms with Crippen LogP contribution in [0.4, 0.5) is 4.39 Å². The predicted octanol–water partition coefficient (Wildman–Crippen LogP) is 3.85. The van der Waals surface area contributed by atoms with Gasteiger partial charge in [0.05, 0.1) is 11.4 Å². The van der Waals surface area contributed by atoms with E-state index in [1.165, 1.54) is 6.07 Å². The molecule has 0 saturated carbocycles. The molecule has 0 aliphatic carbocycles. The number of para-hydroxylation sites is 1. The average molecular weight is 328 g/mol. The molecule has 0 aliphatic heterocycles. The van der Waals surface area contributed by atoms with Gasteiger partial charge in [-0.3, -0.25) is 0 Å². The van der Waals surface area contributed by atoms with E-state index in [-0.39, 0.29) is 5.82 Å². The fraction of sp³-hybridized carbons (Fsp3) is 0.235. The van der Waals surface area contributed by atoms with Crippen molar-refractivity contribution in [3.05, 3.63) is 70.8 Å². The molecule has 0 radical (unpaired) electrons. The highest BCUT2D eigenvalue weighted by Crippen LogP contribution is 2.22. The molecule has 3 aromatic rings. The van der Waals surface area contributed by atoms with Gasteiger partial charge in [-0.15, -0.1) is 16.9 Å². The monoisotopic (exact) mass is 328 g/mol. The summed E-state index contributed by atoms with van der Waals surface area (Å²) in [5.74, 6) is 1.97. The van der Waals surface area contributed by atoms with E-state index in [0.717, 1.165) is 34.0 Å². The van der Waals surface area contributed by atoms with Crippen LogP contribution in [0.2, 0.25) is 0 Å². The lowest BCUT2D eigenvalue weighted by atomic mass is 10.1. The first-order valence-electron chi connectivity index (χ1n) is 7.31. The first-order valence-corrected chi connectivity index (χ1v) is 8.46. The SMILES string of the molecule is Cc1cccc(C)c1-n1nnnc1CSCc1cccc(F)c1. The lowest BCUT2D eigenvalue weighted by molar-refractivity contribution is 0.626. The molecule has 1 aromatic heterocycles. The number of nitrogens with zero attached hydrogens (tertiary/aromatic N) is 4. The van der Waals surface area contributed by atoms with E-state index in [0.29, 0.717) is 5.75 Å². The maximum absolute atomic E-state index is 13.2.